The van der Waals surface area contributed by atoms with Gasteiger partial charge in [-0.25, -0.2) is 8.78 Å². The Bertz CT molecular complexity index is 660. The number of carbonyl (C=O) groups excluding carboxylic acids is 1. The highest BCUT2D eigenvalue weighted by Crippen LogP contribution is 2.23. The number of hydrogen-bond donors (Lipinski definition) is 1. The molecule has 1 N–H and O–H groups in total. The third-order valence-electron chi connectivity index (χ3n) is 3.89. The average molecular weight is 290 g/mol. The van der Waals surface area contributed by atoms with Crippen molar-refractivity contribution >= 4 is 5.78 Å². The molecule has 0 unspecified atom stereocenters. The molecule has 0 bridgehead atoms. The van der Waals surface area contributed by atoms with E-state index in [1.165, 1.54) is 6.07 Å². The highest BCUT2D eigenvalue weighted by Gasteiger charge is 2.22. The van der Waals surface area contributed by atoms with E-state index >= 15 is 0 Å². The minimum absolute atomic E-state index is 0.0923. The topological polar surface area (TPSA) is 34.0 Å². The Balaban J connectivity index is 1.93. The lowest BCUT2D eigenvalue weighted by Crippen LogP contribution is -2.30. The summed E-state index contributed by atoms with van der Waals surface area (Å²) < 4.78 is 28.7. The van der Waals surface area contributed by atoms with E-state index in [-0.39, 0.29) is 11.6 Å². The molecule has 0 spiro atoms. The molecule has 0 aliphatic carbocycles. The highest BCUT2D eigenvalue weighted by atomic mass is 19.1. The normalized spacial score (nSPS) is 16.1. The fraction of sp³-hybridized carbons (Fsp3) is 0.312. The molecule has 2 aromatic rings. The van der Waals surface area contributed by atoms with Crippen molar-refractivity contribution in [1.29, 1.82) is 0 Å². The largest absolute Gasteiger partial charge is 0.342 e. The average Bonchev–Trinajstić information content (AvgIpc) is 2.97. The van der Waals surface area contributed by atoms with Gasteiger partial charge in [0.05, 0.1) is 11.3 Å². The second-order valence-corrected chi connectivity index (χ2v) is 5.24. The predicted octanol–water partition coefficient (Wildman–Crippen LogP) is 2.92. The molecule has 0 saturated carbocycles. The quantitative estimate of drug-likeness (QED) is 0.882. The van der Waals surface area contributed by atoms with Gasteiger partial charge in [0, 0.05) is 18.3 Å². The van der Waals surface area contributed by atoms with Crippen LogP contribution in [-0.4, -0.2) is 23.4 Å². The molecule has 1 fully saturated rings. The standard InChI is InChI=1S/C16H16F2N2O/c17-11-3-4-13(14(18)10-11)16(21)15-2-1-9-20(15)12-5-7-19-8-6-12/h1-4,9-10,12,19H,5-8H2. The molecule has 21 heavy (non-hydrogen) atoms. The Morgan fingerprint density at radius 1 is 1.19 bits per heavy atom. The number of hydrogen-bond acceptors (Lipinski definition) is 2. The van der Waals surface area contributed by atoms with E-state index in [1.807, 2.05) is 10.8 Å². The van der Waals surface area contributed by atoms with Crippen LogP contribution < -0.4 is 5.32 Å². The zero-order chi connectivity index (χ0) is 14.8. The Kier molecular flexibility index (Phi) is 3.84. The van der Waals surface area contributed by atoms with Crippen LogP contribution in [0.3, 0.4) is 0 Å². The fourth-order valence-electron chi connectivity index (χ4n) is 2.80. The van der Waals surface area contributed by atoms with Crippen molar-refractivity contribution in [2.75, 3.05) is 13.1 Å². The van der Waals surface area contributed by atoms with Gasteiger partial charge in [-0.1, -0.05) is 0 Å². The summed E-state index contributed by atoms with van der Waals surface area (Å²) in [6.07, 6.45) is 3.71. The van der Waals surface area contributed by atoms with E-state index in [0.29, 0.717) is 5.69 Å². The molecule has 0 atom stereocenters. The number of benzene rings is 1. The van der Waals surface area contributed by atoms with Gasteiger partial charge in [-0.2, -0.15) is 0 Å². The van der Waals surface area contributed by atoms with Crippen LogP contribution in [0.1, 0.15) is 34.9 Å². The minimum Gasteiger partial charge on any atom is -0.342 e. The second-order valence-electron chi connectivity index (χ2n) is 5.24. The number of aromatic nitrogens is 1. The molecule has 0 amide bonds. The maximum Gasteiger partial charge on any atom is 0.212 e. The zero-order valence-corrected chi connectivity index (χ0v) is 11.5. The molecule has 5 heteroatoms. The highest BCUT2D eigenvalue weighted by molar-refractivity contribution is 6.08. The van der Waals surface area contributed by atoms with Gasteiger partial charge in [0.15, 0.2) is 0 Å². The third-order valence-corrected chi connectivity index (χ3v) is 3.89. The fourth-order valence-corrected chi connectivity index (χ4v) is 2.80. The van der Waals surface area contributed by atoms with E-state index in [1.54, 1.807) is 12.1 Å². The number of halogens is 2. The van der Waals surface area contributed by atoms with Gasteiger partial charge in [-0.05, 0) is 50.2 Å². The van der Waals surface area contributed by atoms with Crippen molar-refractivity contribution in [3.05, 3.63) is 59.4 Å². The van der Waals surface area contributed by atoms with Crippen LogP contribution in [0.5, 0.6) is 0 Å². The molecule has 1 aliphatic heterocycles. The minimum atomic E-state index is -0.821. The van der Waals surface area contributed by atoms with Crippen molar-refractivity contribution in [3.8, 4) is 0 Å². The molecule has 2 heterocycles. The van der Waals surface area contributed by atoms with E-state index in [0.717, 1.165) is 38.1 Å². The third kappa shape index (κ3) is 2.74. The van der Waals surface area contributed by atoms with E-state index < -0.39 is 17.4 Å². The molecule has 110 valence electrons. The van der Waals surface area contributed by atoms with Crippen LogP contribution in [0.2, 0.25) is 0 Å². The van der Waals surface area contributed by atoms with Crippen LogP contribution in [0.4, 0.5) is 8.78 Å². The Morgan fingerprint density at radius 3 is 2.67 bits per heavy atom. The molecule has 1 saturated heterocycles. The SMILES string of the molecule is O=C(c1ccc(F)cc1F)c1cccn1C1CCNCC1. The van der Waals surface area contributed by atoms with Crippen molar-refractivity contribution in [2.24, 2.45) is 0 Å². The van der Waals surface area contributed by atoms with Gasteiger partial charge in [0.25, 0.3) is 0 Å². The summed E-state index contributed by atoms with van der Waals surface area (Å²) in [5, 5.41) is 3.27. The van der Waals surface area contributed by atoms with E-state index in [9.17, 15) is 13.6 Å². The van der Waals surface area contributed by atoms with Gasteiger partial charge in [0.1, 0.15) is 11.6 Å². The molecular formula is C16H16F2N2O. The van der Waals surface area contributed by atoms with Crippen LogP contribution in [0.15, 0.2) is 36.5 Å². The summed E-state index contributed by atoms with van der Waals surface area (Å²) in [4.78, 5) is 12.5. The first-order valence-electron chi connectivity index (χ1n) is 7.04. The lowest BCUT2D eigenvalue weighted by Gasteiger charge is -2.25. The van der Waals surface area contributed by atoms with E-state index in [2.05, 4.69) is 5.32 Å². The first kappa shape index (κ1) is 13.9. The summed E-state index contributed by atoms with van der Waals surface area (Å²) in [5.74, 6) is -1.91. The van der Waals surface area contributed by atoms with Crippen molar-refractivity contribution in [1.82, 2.24) is 9.88 Å². The zero-order valence-electron chi connectivity index (χ0n) is 11.5. The Labute approximate surface area is 121 Å². The number of piperidine rings is 1. The van der Waals surface area contributed by atoms with Gasteiger partial charge < -0.3 is 9.88 Å². The number of carbonyl (C=O) groups is 1. The van der Waals surface area contributed by atoms with Crippen molar-refractivity contribution in [3.63, 3.8) is 0 Å². The molecule has 1 aliphatic rings. The van der Waals surface area contributed by atoms with E-state index in [4.69, 9.17) is 0 Å². The smallest absolute Gasteiger partial charge is 0.212 e. The number of rotatable bonds is 3. The van der Waals surface area contributed by atoms with Crippen molar-refractivity contribution < 1.29 is 13.6 Å². The van der Waals surface area contributed by atoms with Gasteiger partial charge in [-0.15, -0.1) is 0 Å². The first-order valence-corrected chi connectivity index (χ1v) is 7.04. The molecular weight excluding hydrogens is 274 g/mol. The van der Waals surface area contributed by atoms with Crippen molar-refractivity contribution in [2.45, 2.75) is 18.9 Å². The summed E-state index contributed by atoms with van der Waals surface area (Å²) in [6.45, 7) is 1.81. The number of nitrogens with one attached hydrogen (secondary N) is 1. The molecule has 1 aromatic carbocycles. The summed E-state index contributed by atoms with van der Waals surface area (Å²) in [5.41, 5.74) is 0.359. The molecule has 3 nitrogen and oxygen atoms in total. The summed E-state index contributed by atoms with van der Waals surface area (Å²) >= 11 is 0. The lowest BCUT2D eigenvalue weighted by molar-refractivity contribution is 0.102. The van der Waals surface area contributed by atoms with Crippen LogP contribution in [0, 0.1) is 11.6 Å². The second kappa shape index (κ2) is 5.77. The van der Waals surface area contributed by atoms with Gasteiger partial charge in [0.2, 0.25) is 5.78 Å². The molecule has 3 rings (SSSR count). The monoisotopic (exact) mass is 290 g/mol. The van der Waals surface area contributed by atoms with Crippen LogP contribution in [0.25, 0.3) is 0 Å². The van der Waals surface area contributed by atoms with Gasteiger partial charge in [-0.3, -0.25) is 4.79 Å². The van der Waals surface area contributed by atoms with Gasteiger partial charge >= 0.3 is 0 Å². The van der Waals surface area contributed by atoms with Crippen LogP contribution >= 0.6 is 0 Å². The number of nitrogens with zero attached hydrogens (tertiary/aromatic N) is 1. The number of ketones is 1. The maximum absolute atomic E-state index is 13.8. The molecule has 1 aromatic heterocycles. The Morgan fingerprint density at radius 2 is 1.95 bits per heavy atom. The summed E-state index contributed by atoms with van der Waals surface area (Å²) in [6, 6.07) is 6.76. The predicted molar refractivity (Wildman–Crippen MR) is 75.4 cm³/mol. The summed E-state index contributed by atoms with van der Waals surface area (Å²) in [7, 11) is 0. The maximum atomic E-state index is 13.8. The van der Waals surface area contributed by atoms with Crippen LogP contribution in [-0.2, 0) is 0 Å². The first-order chi connectivity index (χ1) is 10.2. The molecule has 0 radical (unpaired) electrons. The lowest BCUT2D eigenvalue weighted by atomic mass is 10.0. The Hall–Kier alpha value is -2.01.